The molecule has 1 aromatic rings. The zero-order chi connectivity index (χ0) is 10.4. The van der Waals surface area contributed by atoms with E-state index in [2.05, 4.69) is 16.4 Å². The number of aromatic amines is 1. The Morgan fingerprint density at radius 3 is 3.27 bits per heavy atom. The molecular weight excluding hydrogens is 210 g/mol. The van der Waals surface area contributed by atoms with E-state index in [0.29, 0.717) is 12.5 Å². The lowest BCUT2D eigenvalue weighted by Crippen LogP contribution is -2.28. The Morgan fingerprint density at radius 2 is 2.40 bits per heavy atom. The second-order valence-electron chi connectivity index (χ2n) is 3.95. The molecule has 0 amide bonds. The van der Waals surface area contributed by atoms with Crippen LogP contribution in [0.1, 0.15) is 23.7 Å². The van der Waals surface area contributed by atoms with Gasteiger partial charge in [-0.25, -0.2) is 4.79 Å². The molecule has 2 N–H and O–H groups in total. The highest BCUT2D eigenvalue weighted by atomic mass is 32.1. The molecule has 15 heavy (non-hydrogen) atoms. The molecule has 1 unspecified atom stereocenters. The van der Waals surface area contributed by atoms with Crippen molar-refractivity contribution in [3.8, 4) is 0 Å². The minimum absolute atomic E-state index is 0.0531. The van der Waals surface area contributed by atoms with Gasteiger partial charge in [0.05, 0.1) is 22.9 Å². The number of nitrogens with zero attached hydrogens (tertiary/aromatic N) is 1. The Morgan fingerprint density at radius 1 is 1.53 bits per heavy atom. The monoisotopic (exact) mass is 221 g/mol. The van der Waals surface area contributed by atoms with Crippen LogP contribution in [0.5, 0.6) is 0 Å². The lowest BCUT2D eigenvalue weighted by atomic mass is 9.95. The van der Waals surface area contributed by atoms with Crippen molar-refractivity contribution >= 4 is 23.3 Å². The Balaban J connectivity index is 2.25. The maximum Gasteiger partial charge on any atom is 0.326 e. The van der Waals surface area contributed by atoms with E-state index in [1.165, 1.54) is 0 Å². The fraction of sp³-hybridized carbons (Fsp3) is 0.400. The number of allylic oxidation sites excluding steroid dienone is 1. The number of rotatable bonds is 0. The minimum atomic E-state index is -0.0531. The molecule has 1 aromatic heterocycles. The van der Waals surface area contributed by atoms with Gasteiger partial charge in [-0.05, 0) is 12.5 Å². The second-order valence-corrected chi connectivity index (χ2v) is 4.45. The van der Waals surface area contributed by atoms with Crippen LogP contribution in [0.3, 0.4) is 0 Å². The van der Waals surface area contributed by atoms with E-state index in [9.17, 15) is 4.79 Å². The first kappa shape index (κ1) is 8.91. The number of thiocarbonyl (C=S) groups is 1. The van der Waals surface area contributed by atoms with Gasteiger partial charge in [0, 0.05) is 12.5 Å². The Labute approximate surface area is 92.0 Å². The molecule has 1 aliphatic carbocycles. The van der Waals surface area contributed by atoms with Crippen molar-refractivity contribution in [3.63, 3.8) is 0 Å². The van der Waals surface area contributed by atoms with Gasteiger partial charge in [0.1, 0.15) is 0 Å². The molecule has 0 saturated carbocycles. The van der Waals surface area contributed by atoms with Gasteiger partial charge in [-0.1, -0.05) is 18.3 Å². The van der Waals surface area contributed by atoms with Crippen molar-refractivity contribution in [2.24, 2.45) is 0 Å². The normalized spacial score (nSPS) is 23.2. The first-order valence-electron chi connectivity index (χ1n) is 5.01. The van der Waals surface area contributed by atoms with Crippen LogP contribution in [0.4, 0.5) is 0 Å². The summed E-state index contributed by atoms with van der Waals surface area (Å²) in [5, 5.41) is 3.19. The summed E-state index contributed by atoms with van der Waals surface area (Å²) in [6.45, 7) is 1.33. The summed E-state index contributed by atoms with van der Waals surface area (Å²) in [5.74, 6) is 0.365. The molecular formula is C10H11N3OS. The van der Waals surface area contributed by atoms with Crippen molar-refractivity contribution in [3.05, 3.63) is 27.9 Å². The molecule has 2 aliphatic rings. The van der Waals surface area contributed by atoms with E-state index in [1.807, 2.05) is 6.08 Å². The third kappa shape index (κ3) is 1.26. The van der Waals surface area contributed by atoms with Gasteiger partial charge in [-0.3, -0.25) is 4.57 Å². The highest BCUT2D eigenvalue weighted by Crippen LogP contribution is 2.28. The summed E-state index contributed by atoms with van der Waals surface area (Å²) < 4.78 is 1.76. The summed E-state index contributed by atoms with van der Waals surface area (Å²) in [6, 6.07) is 0. The smallest absolute Gasteiger partial charge is 0.326 e. The number of hydrogen-bond donors (Lipinski definition) is 2. The Bertz CT molecular complexity index is 511. The highest BCUT2D eigenvalue weighted by Gasteiger charge is 2.26. The number of H-pyrrole nitrogens is 1. The first-order chi connectivity index (χ1) is 7.25. The van der Waals surface area contributed by atoms with Crippen molar-refractivity contribution in [2.45, 2.75) is 18.9 Å². The van der Waals surface area contributed by atoms with E-state index in [-0.39, 0.29) is 5.69 Å². The molecule has 0 spiro atoms. The minimum Gasteiger partial charge on any atom is -0.377 e. The summed E-state index contributed by atoms with van der Waals surface area (Å²) >= 11 is 5.15. The molecule has 2 heterocycles. The van der Waals surface area contributed by atoms with Gasteiger partial charge in [-0.2, -0.15) is 0 Å². The molecule has 1 aliphatic heterocycles. The van der Waals surface area contributed by atoms with Gasteiger partial charge in [-0.15, -0.1) is 0 Å². The molecule has 0 saturated heterocycles. The topological polar surface area (TPSA) is 49.8 Å². The fourth-order valence-corrected chi connectivity index (χ4v) is 2.52. The number of imidazole rings is 1. The third-order valence-electron chi connectivity index (χ3n) is 2.99. The van der Waals surface area contributed by atoms with Gasteiger partial charge in [0.15, 0.2) is 0 Å². The maximum atomic E-state index is 11.7. The predicted octanol–water partition coefficient (Wildman–Crippen LogP) is 0.607. The first-order valence-corrected chi connectivity index (χ1v) is 5.42. The molecule has 5 heteroatoms. The van der Waals surface area contributed by atoms with Crippen molar-refractivity contribution < 1.29 is 0 Å². The van der Waals surface area contributed by atoms with Crippen molar-refractivity contribution in [1.29, 1.82) is 0 Å². The van der Waals surface area contributed by atoms with E-state index in [0.717, 1.165) is 29.3 Å². The standard InChI is InChI=1S/C10H11N3OS/c14-10-12-7-3-1-2-6-4-11-8(15)5-13(10)9(6)7/h1,3,6H,2,4-5H2,(H,11,15)(H,12,14). The van der Waals surface area contributed by atoms with E-state index >= 15 is 0 Å². The molecule has 78 valence electrons. The summed E-state index contributed by atoms with van der Waals surface area (Å²) in [4.78, 5) is 15.3. The average Bonchev–Trinajstić information content (AvgIpc) is 2.44. The van der Waals surface area contributed by atoms with E-state index < -0.39 is 0 Å². The SMILES string of the molecule is O=c1[nH]c2c3n1CC(=S)NCC3CC=C2. The van der Waals surface area contributed by atoms with Crippen LogP contribution < -0.4 is 11.0 Å². The molecule has 0 fully saturated rings. The van der Waals surface area contributed by atoms with Crippen LogP contribution >= 0.6 is 12.2 Å². The molecule has 0 bridgehead atoms. The highest BCUT2D eigenvalue weighted by molar-refractivity contribution is 7.80. The van der Waals surface area contributed by atoms with Crippen molar-refractivity contribution in [2.75, 3.05) is 6.54 Å². The van der Waals surface area contributed by atoms with Crippen LogP contribution in [-0.4, -0.2) is 21.1 Å². The maximum absolute atomic E-state index is 11.7. The summed E-state index contributed by atoms with van der Waals surface area (Å²) in [6.07, 6.45) is 5.06. The van der Waals surface area contributed by atoms with Crippen LogP contribution in [0.15, 0.2) is 10.9 Å². The third-order valence-corrected chi connectivity index (χ3v) is 3.27. The summed E-state index contributed by atoms with van der Waals surface area (Å²) in [5.41, 5.74) is 2.00. The van der Waals surface area contributed by atoms with E-state index in [4.69, 9.17) is 12.2 Å². The zero-order valence-corrected chi connectivity index (χ0v) is 8.93. The number of hydrogen-bond acceptors (Lipinski definition) is 2. The van der Waals surface area contributed by atoms with Crippen LogP contribution in [0.25, 0.3) is 6.08 Å². The molecule has 1 atom stereocenters. The van der Waals surface area contributed by atoms with Gasteiger partial charge in [0.2, 0.25) is 0 Å². The fourth-order valence-electron chi connectivity index (χ4n) is 2.30. The Hall–Kier alpha value is -1.36. The van der Waals surface area contributed by atoms with Crippen LogP contribution in [0, 0.1) is 0 Å². The second kappa shape index (κ2) is 3.06. The van der Waals surface area contributed by atoms with Crippen molar-refractivity contribution in [1.82, 2.24) is 14.9 Å². The lowest BCUT2D eigenvalue weighted by Gasteiger charge is -2.17. The van der Waals surface area contributed by atoms with Gasteiger partial charge >= 0.3 is 5.69 Å². The van der Waals surface area contributed by atoms with Gasteiger partial charge in [0.25, 0.3) is 0 Å². The van der Waals surface area contributed by atoms with E-state index in [1.54, 1.807) is 4.57 Å². The number of aromatic nitrogens is 2. The molecule has 0 aromatic carbocycles. The number of nitrogens with one attached hydrogen (secondary N) is 2. The summed E-state index contributed by atoms with van der Waals surface area (Å²) in [7, 11) is 0. The van der Waals surface area contributed by atoms with Gasteiger partial charge < -0.3 is 10.3 Å². The largest absolute Gasteiger partial charge is 0.377 e. The lowest BCUT2D eigenvalue weighted by molar-refractivity contribution is 0.634. The predicted molar refractivity (Wildman–Crippen MR) is 62.0 cm³/mol. The quantitative estimate of drug-likeness (QED) is 0.631. The van der Waals surface area contributed by atoms with Crippen LogP contribution in [0.2, 0.25) is 0 Å². The molecule has 3 rings (SSSR count). The molecule has 0 radical (unpaired) electrons. The Kier molecular flexibility index (Phi) is 1.82. The zero-order valence-electron chi connectivity index (χ0n) is 8.12. The average molecular weight is 221 g/mol. The molecule has 4 nitrogen and oxygen atoms in total. The van der Waals surface area contributed by atoms with Crippen LogP contribution in [-0.2, 0) is 6.54 Å².